The van der Waals surface area contributed by atoms with E-state index in [0.717, 1.165) is 12.1 Å². The Labute approximate surface area is 181 Å². The molecule has 2 fully saturated rings. The average molecular weight is 464 g/mol. The maximum absolute atomic E-state index is 14.2. The van der Waals surface area contributed by atoms with Crippen molar-refractivity contribution < 1.29 is 36.3 Å². The van der Waals surface area contributed by atoms with Gasteiger partial charge >= 0.3 is 6.36 Å². The summed E-state index contributed by atoms with van der Waals surface area (Å²) in [6.45, 7) is 4.05. The van der Waals surface area contributed by atoms with Crippen molar-refractivity contribution in [2.45, 2.75) is 57.6 Å². The quantitative estimate of drug-likeness (QED) is 0.563. The molecule has 0 spiro atoms. The van der Waals surface area contributed by atoms with Crippen molar-refractivity contribution in [2.75, 3.05) is 13.1 Å². The third kappa shape index (κ3) is 6.06. The fourth-order valence-electron chi connectivity index (χ4n) is 3.84. The highest BCUT2D eigenvalue weighted by Crippen LogP contribution is 2.30. The zero-order chi connectivity index (χ0) is 23.6. The first-order valence-electron chi connectivity index (χ1n) is 10.2. The summed E-state index contributed by atoms with van der Waals surface area (Å²) in [5.74, 6) is -3.34. The highest BCUT2D eigenvalue weighted by Gasteiger charge is 2.37. The Balaban J connectivity index is 1.71. The molecule has 2 heterocycles. The van der Waals surface area contributed by atoms with Gasteiger partial charge in [0, 0.05) is 13.1 Å². The Morgan fingerprint density at radius 3 is 2.59 bits per heavy atom. The summed E-state index contributed by atoms with van der Waals surface area (Å²) in [5, 5.41) is 8.40. The SMILES string of the molecule is CC(C)[C@@H](NC(=O)C1CC(=O)NC(N2CC[C@@H](F)C2)N1)c1ccc(OC(F)(F)F)c(F)c1. The van der Waals surface area contributed by atoms with E-state index in [0.29, 0.717) is 13.0 Å². The minimum Gasteiger partial charge on any atom is -0.403 e. The summed E-state index contributed by atoms with van der Waals surface area (Å²) in [6.07, 6.45) is -6.55. The lowest BCUT2D eigenvalue weighted by atomic mass is 9.95. The summed E-state index contributed by atoms with van der Waals surface area (Å²) in [5.41, 5.74) is 0.247. The van der Waals surface area contributed by atoms with Crippen LogP contribution in [0.1, 0.15) is 38.3 Å². The van der Waals surface area contributed by atoms with Crippen LogP contribution >= 0.6 is 0 Å². The molecule has 4 atom stereocenters. The fourth-order valence-corrected chi connectivity index (χ4v) is 3.84. The van der Waals surface area contributed by atoms with Gasteiger partial charge in [0.1, 0.15) is 12.5 Å². The first-order valence-corrected chi connectivity index (χ1v) is 10.2. The molecule has 3 N–H and O–H groups in total. The lowest BCUT2D eigenvalue weighted by Gasteiger charge is -2.37. The van der Waals surface area contributed by atoms with Gasteiger partial charge in [-0.05, 0) is 30.0 Å². The molecule has 178 valence electrons. The molecule has 2 saturated heterocycles. The molecule has 0 radical (unpaired) electrons. The van der Waals surface area contributed by atoms with E-state index in [1.807, 2.05) is 0 Å². The topological polar surface area (TPSA) is 82.7 Å². The van der Waals surface area contributed by atoms with Crippen molar-refractivity contribution in [2.24, 2.45) is 5.92 Å². The van der Waals surface area contributed by atoms with Crippen molar-refractivity contribution in [3.63, 3.8) is 0 Å². The number of benzene rings is 1. The van der Waals surface area contributed by atoms with E-state index < -0.39 is 48.4 Å². The third-order valence-electron chi connectivity index (χ3n) is 5.40. The van der Waals surface area contributed by atoms with Crippen LogP contribution in [0.3, 0.4) is 0 Å². The van der Waals surface area contributed by atoms with Crippen LogP contribution in [0.2, 0.25) is 0 Å². The maximum atomic E-state index is 14.2. The van der Waals surface area contributed by atoms with E-state index in [-0.39, 0.29) is 30.4 Å². The predicted molar refractivity (Wildman–Crippen MR) is 103 cm³/mol. The predicted octanol–water partition coefficient (Wildman–Crippen LogP) is 2.34. The number of carbonyl (C=O) groups is 2. The molecule has 1 aromatic rings. The molecule has 2 aliphatic heterocycles. The van der Waals surface area contributed by atoms with E-state index in [4.69, 9.17) is 0 Å². The van der Waals surface area contributed by atoms with Gasteiger partial charge in [0.25, 0.3) is 0 Å². The fraction of sp³-hybridized carbons (Fsp3) is 0.600. The second-order valence-electron chi connectivity index (χ2n) is 8.24. The number of hydrogen-bond donors (Lipinski definition) is 3. The molecule has 2 aliphatic rings. The Kier molecular flexibility index (Phi) is 7.23. The van der Waals surface area contributed by atoms with E-state index in [9.17, 15) is 31.5 Å². The summed E-state index contributed by atoms with van der Waals surface area (Å²) >= 11 is 0. The minimum absolute atomic E-state index is 0.131. The maximum Gasteiger partial charge on any atom is 0.573 e. The molecule has 32 heavy (non-hydrogen) atoms. The number of hydrogen-bond acceptors (Lipinski definition) is 5. The number of alkyl halides is 4. The summed E-state index contributed by atoms with van der Waals surface area (Å²) in [4.78, 5) is 26.7. The molecule has 3 rings (SSSR count). The van der Waals surface area contributed by atoms with Gasteiger partial charge in [-0.1, -0.05) is 19.9 Å². The van der Waals surface area contributed by atoms with Crippen LogP contribution in [0.25, 0.3) is 0 Å². The second-order valence-corrected chi connectivity index (χ2v) is 8.24. The molecule has 0 saturated carbocycles. The molecular formula is C20H25F5N4O3. The van der Waals surface area contributed by atoms with Gasteiger partial charge in [0.05, 0.1) is 18.5 Å². The van der Waals surface area contributed by atoms with Crippen molar-refractivity contribution in [3.05, 3.63) is 29.6 Å². The smallest absolute Gasteiger partial charge is 0.403 e. The molecule has 1 aromatic carbocycles. The van der Waals surface area contributed by atoms with E-state index >= 15 is 0 Å². The van der Waals surface area contributed by atoms with Crippen LogP contribution in [0.5, 0.6) is 5.75 Å². The molecule has 0 bridgehead atoms. The Hall–Kier alpha value is -2.47. The van der Waals surface area contributed by atoms with Crippen LogP contribution < -0.4 is 20.7 Å². The molecule has 2 amide bonds. The normalized spacial score (nSPS) is 25.5. The number of halogens is 5. The second kappa shape index (κ2) is 9.57. The van der Waals surface area contributed by atoms with Gasteiger partial charge in [-0.15, -0.1) is 13.2 Å². The highest BCUT2D eigenvalue weighted by molar-refractivity contribution is 5.89. The van der Waals surface area contributed by atoms with E-state index in [1.165, 1.54) is 6.07 Å². The monoisotopic (exact) mass is 464 g/mol. The number of ether oxygens (including phenoxy) is 1. The van der Waals surface area contributed by atoms with Gasteiger partial charge in [-0.2, -0.15) is 0 Å². The van der Waals surface area contributed by atoms with Gasteiger partial charge < -0.3 is 15.4 Å². The number of likely N-dealkylation sites (tertiary alicyclic amines) is 1. The largest absolute Gasteiger partial charge is 0.573 e. The van der Waals surface area contributed by atoms with Crippen LogP contribution in [0.4, 0.5) is 22.0 Å². The van der Waals surface area contributed by atoms with E-state index in [2.05, 4.69) is 20.7 Å². The molecular weight excluding hydrogens is 439 g/mol. The average Bonchev–Trinajstić information content (AvgIpc) is 3.12. The van der Waals surface area contributed by atoms with Gasteiger partial charge in [0.15, 0.2) is 11.6 Å². The molecule has 12 heteroatoms. The number of rotatable bonds is 6. The Morgan fingerprint density at radius 1 is 1.31 bits per heavy atom. The van der Waals surface area contributed by atoms with Gasteiger partial charge in [-0.3, -0.25) is 19.8 Å². The molecule has 2 unspecified atom stereocenters. The van der Waals surface area contributed by atoms with Crippen LogP contribution in [-0.4, -0.2) is 54.7 Å². The van der Waals surface area contributed by atoms with Crippen molar-refractivity contribution >= 4 is 11.8 Å². The van der Waals surface area contributed by atoms with Crippen LogP contribution in [-0.2, 0) is 9.59 Å². The zero-order valence-electron chi connectivity index (χ0n) is 17.5. The van der Waals surface area contributed by atoms with Crippen LogP contribution in [0.15, 0.2) is 18.2 Å². The number of carbonyl (C=O) groups excluding carboxylic acids is 2. The summed E-state index contributed by atoms with van der Waals surface area (Å²) in [7, 11) is 0. The van der Waals surface area contributed by atoms with Crippen molar-refractivity contribution in [1.82, 2.24) is 20.9 Å². The van der Waals surface area contributed by atoms with Crippen molar-refractivity contribution in [1.29, 1.82) is 0 Å². The number of nitrogens with zero attached hydrogens (tertiary/aromatic N) is 1. The lowest BCUT2D eigenvalue weighted by molar-refractivity contribution is -0.275. The number of amides is 2. The number of nitrogens with one attached hydrogen (secondary N) is 3. The first kappa shape index (κ1) is 24.2. The molecule has 7 nitrogen and oxygen atoms in total. The summed E-state index contributed by atoms with van der Waals surface area (Å²) in [6, 6.07) is 1.32. The van der Waals surface area contributed by atoms with Crippen molar-refractivity contribution in [3.8, 4) is 5.75 Å². The zero-order valence-corrected chi connectivity index (χ0v) is 17.5. The molecule has 0 aliphatic carbocycles. The Bertz CT molecular complexity index is 851. The van der Waals surface area contributed by atoms with Crippen LogP contribution in [0, 0.1) is 11.7 Å². The highest BCUT2D eigenvalue weighted by atomic mass is 19.4. The van der Waals surface area contributed by atoms with E-state index in [1.54, 1.807) is 18.7 Å². The Morgan fingerprint density at radius 2 is 2.03 bits per heavy atom. The summed E-state index contributed by atoms with van der Waals surface area (Å²) < 4.78 is 68.4. The molecule has 0 aromatic heterocycles. The van der Waals surface area contributed by atoms with Gasteiger partial charge in [-0.25, -0.2) is 8.78 Å². The van der Waals surface area contributed by atoms with Gasteiger partial charge in [0.2, 0.25) is 11.8 Å². The lowest BCUT2D eigenvalue weighted by Crippen LogP contribution is -2.66. The standard InChI is InChI=1S/C20H25F5N4O3/c1-10(2)17(11-3-4-15(13(22)7-11)32-20(23,24)25)28-18(31)14-8-16(30)27-19(26-14)29-6-5-12(21)9-29/h3-4,7,10,12,14,17,19,26H,5-6,8-9H2,1-2H3,(H,27,30)(H,28,31)/t12-,14?,17-,19?/m1/s1. The minimum atomic E-state index is -5.03. The first-order chi connectivity index (χ1) is 14.9. The third-order valence-corrected chi connectivity index (χ3v) is 5.40.